The molecule has 1 N–H and O–H groups in total. The number of ether oxygens (including phenoxy) is 1. The number of amides is 2. The minimum absolute atomic E-state index is 0.136. The van der Waals surface area contributed by atoms with Crippen LogP contribution in [0.2, 0.25) is 0 Å². The van der Waals surface area contributed by atoms with Crippen LogP contribution in [-0.4, -0.2) is 41.4 Å². The van der Waals surface area contributed by atoms with E-state index in [-0.39, 0.29) is 36.6 Å². The SMILES string of the molecule is O=C(Nc1cnn(C2CCOCC2)c1)[C@H]1CC(=O)N(c2ccc(F)cc2)C1. The summed E-state index contributed by atoms with van der Waals surface area (Å²) in [6.07, 6.45) is 5.39. The van der Waals surface area contributed by atoms with Gasteiger partial charge in [-0.1, -0.05) is 0 Å². The molecule has 0 bridgehead atoms. The molecule has 2 aliphatic heterocycles. The fourth-order valence-corrected chi connectivity index (χ4v) is 3.55. The van der Waals surface area contributed by atoms with Crippen molar-refractivity contribution in [3.05, 3.63) is 42.5 Å². The van der Waals surface area contributed by atoms with Crippen molar-refractivity contribution in [3.63, 3.8) is 0 Å². The Morgan fingerprint density at radius 2 is 1.96 bits per heavy atom. The third-order valence-corrected chi connectivity index (χ3v) is 5.07. The highest BCUT2D eigenvalue weighted by Crippen LogP contribution is 2.27. The zero-order chi connectivity index (χ0) is 18.8. The lowest BCUT2D eigenvalue weighted by atomic mass is 10.1. The summed E-state index contributed by atoms with van der Waals surface area (Å²) >= 11 is 0. The summed E-state index contributed by atoms with van der Waals surface area (Å²) in [5.41, 5.74) is 1.23. The lowest BCUT2D eigenvalue weighted by Crippen LogP contribution is -2.28. The molecule has 1 atom stereocenters. The zero-order valence-electron chi connectivity index (χ0n) is 14.8. The second kappa shape index (κ2) is 7.48. The molecule has 142 valence electrons. The largest absolute Gasteiger partial charge is 0.381 e. The number of carbonyl (C=O) groups is 2. The van der Waals surface area contributed by atoms with Gasteiger partial charge >= 0.3 is 0 Å². The van der Waals surface area contributed by atoms with Crippen LogP contribution < -0.4 is 10.2 Å². The summed E-state index contributed by atoms with van der Waals surface area (Å²) in [6, 6.07) is 5.99. The van der Waals surface area contributed by atoms with Crippen molar-refractivity contribution in [1.82, 2.24) is 9.78 Å². The number of nitrogens with zero attached hydrogens (tertiary/aromatic N) is 3. The van der Waals surface area contributed by atoms with Gasteiger partial charge in [-0.3, -0.25) is 14.3 Å². The minimum atomic E-state index is -0.450. The third kappa shape index (κ3) is 3.85. The second-order valence-corrected chi connectivity index (χ2v) is 6.92. The van der Waals surface area contributed by atoms with Crippen LogP contribution in [0, 0.1) is 11.7 Å². The summed E-state index contributed by atoms with van der Waals surface area (Å²) in [6.45, 7) is 1.72. The third-order valence-electron chi connectivity index (χ3n) is 5.07. The van der Waals surface area contributed by atoms with Crippen molar-refractivity contribution in [3.8, 4) is 0 Å². The van der Waals surface area contributed by atoms with E-state index < -0.39 is 5.92 Å². The van der Waals surface area contributed by atoms with Crippen LogP contribution in [0.25, 0.3) is 0 Å². The van der Waals surface area contributed by atoms with Crippen LogP contribution in [-0.2, 0) is 14.3 Å². The topological polar surface area (TPSA) is 76.5 Å². The maximum Gasteiger partial charge on any atom is 0.229 e. The lowest BCUT2D eigenvalue weighted by molar-refractivity contribution is -0.122. The first kappa shape index (κ1) is 17.7. The number of anilines is 2. The molecule has 2 amide bonds. The van der Waals surface area contributed by atoms with E-state index in [2.05, 4.69) is 10.4 Å². The van der Waals surface area contributed by atoms with Crippen LogP contribution in [0.5, 0.6) is 0 Å². The summed E-state index contributed by atoms with van der Waals surface area (Å²) < 4.78 is 20.3. The highest BCUT2D eigenvalue weighted by atomic mass is 19.1. The van der Waals surface area contributed by atoms with Crippen molar-refractivity contribution >= 4 is 23.2 Å². The highest BCUT2D eigenvalue weighted by molar-refractivity contribution is 6.03. The van der Waals surface area contributed by atoms with E-state index in [9.17, 15) is 14.0 Å². The monoisotopic (exact) mass is 372 g/mol. The predicted molar refractivity (Wildman–Crippen MR) is 96.8 cm³/mol. The smallest absolute Gasteiger partial charge is 0.229 e. The molecule has 0 radical (unpaired) electrons. The number of carbonyl (C=O) groups excluding carboxylic acids is 2. The predicted octanol–water partition coefficient (Wildman–Crippen LogP) is 2.37. The summed E-state index contributed by atoms with van der Waals surface area (Å²) in [4.78, 5) is 26.4. The Labute approximate surface area is 156 Å². The first-order valence-electron chi connectivity index (χ1n) is 9.09. The van der Waals surface area contributed by atoms with Gasteiger partial charge in [0.15, 0.2) is 0 Å². The van der Waals surface area contributed by atoms with E-state index in [1.165, 1.54) is 17.0 Å². The molecule has 2 aromatic rings. The zero-order valence-corrected chi connectivity index (χ0v) is 14.8. The fraction of sp³-hybridized carbons (Fsp3) is 0.421. The number of aromatic nitrogens is 2. The molecule has 3 heterocycles. The first-order chi connectivity index (χ1) is 13.1. The van der Waals surface area contributed by atoms with Crippen LogP contribution >= 0.6 is 0 Å². The molecule has 2 fully saturated rings. The molecule has 2 aliphatic rings. The Kier molecular flexibility index (Phi) is 4.89. The van der Waals surface area contributed by atoms with Crippen molar-refractivity contribution in [2.75, 3.05) is 30.0 Å². The number of benzene rings is 1. The fourth-order valence-electron chi connectivity index (χ4n) is 3.55. The first-order valence-corrected chi connectivity index (χ1v) is 9.09. The Morgan fingerprint density at radius 3 is 2.70 bits per heavy atom. The molecular weight excluding hydrogens is 351 g/mol. The van der Waals surface area contributed by atoms with Crippen LogP contribution in [0.4, 0.5) is 15.8 Å². The quantitative estimate of drug-likeness (QED) is 0.894. The number of hydrogen-bond donors (Lipinski definition) is 1. The van der Waals surface area contributed by atoms with Gasteiger partial charge in [0.05, 0.1) is 23.8 Å². The van der Waals surface area contributed by atoms with E-state index in [1.807, 2.05) is 10.9 Å². The van der Waals surface area contributed by atoms with Gasteiger partial charge in [0.1, 0.15) is 5.82 Å². The Hall–Kier alpha value is -2.74. The second-order valence-electron chi connectivity index (χ2n) is 6.92. The molecule has 8 heteroatoms. The van der Waals surface area contributed by atoms with E-state index in [0.717, 1.165) is 26.1 Å². The number of halogens is 1. The number of rotatable bonds is 4. The van der Waals surface area contributed by atoms with Crippen molar-refractivity contribution < 1.29 is 18.7 Å². The Bertz CT molecular complexity index is 830. The van der Waals surface area contributed by atoms with Gasteiger partial charge < -0.3 is 15.0 Å². The summed E-state index contributed by atoms with van der Waals surface area (Å²) in [5.74, 6) is -1.16. The lowest BCUT2D eigenvalue weighted by Gasteiger charge is -2.22. The van der Waals surface area contributed by atoms with Crippen LogP contribution in [0.3, 0.4) is 0 Å². The van der Waals surface area contributed by atoms with Gasteiger partial charge in [-0.25, -0.2) is 4.39 Å². The molecule has 0 saturated carbocycles. The summed E-state index contributed by atoms with van der Waals surface area (Å²) in [5, 5.41) is 7.19. The average Bonchev–Trinajstić information content (AvgIpc) is 3.30. The maximum atomic E-state index is 13.1. The molecule has 27 heavy (non-hydrogen) atoms. The highest BCUT2D eigenvalue weighted by Gasteiger charge is 2.35. The molecule has 2 saturated heterocycles. The van der Waals surface area contributed by atoms with E-state index in [1.54, 1.807) is 18.3 Å². The minimum Gasteiger partial charge on any atom is -0.381 e. The molecule has 0 spiro atoms. The average molecular weight is 372 g/mol. The van der Waals surface area contributed by atoms with Gasteiger partial charge in [0.2, 0.25) is 11.8 Å². The van der Waals surface area contributed by atoms with E-state index in [4.69, 9.17) is 4.74 Å². The van der Waals surface area contributed by atoms with Gasteiger partial charge in [0.25, 0.3) is 0 Å². The molecule has 4 rings (SSSR count). The van der Waals surface area contributed by atoms with E-state index in [0.29, 0.717) is 11.4 Å². The normalized spacial score (nSPS) is 20.9. The van der Waals surface area contributed by atoms with Crippen molar-refractivity contribution in [1.29, 1.82) is 0 Å². The van der Waals surface area contributed by atoms with Crippen molar-refractivity contribution in [2.45, 2.75) is 25.3 Å². The number of nitrogens with one attached hydrogen (secondary N) is 1. The van der Waals surface area contributed by atoms with Gasteiger partial charge in [-0.15, -0.1) is 0 Å². The molecule has 0 aliphatic carbocycles. The van der Waals surface area contributed by atoms with Crippen molar-refractivity contribution in [2.24, 2.45) is 5.92 Å². The van der Waals surface area contributed by atoms with Gasteiger partial charge in [-0.2, -0.15) is 5.10 Å². The maximum absolute atomic E-state index is 13.1. The van der Waals surface area contributed by atoms with Gasteiger partial charge in [-0.05, 0) is 37.1 Å². The molecule has 1 aromatic carbocycles. The molecule has 1 aromatic heterocycles. The Morgan fingerprint density at radius 1 is 1.22 bits per heavy atom. The number of hydrogen-bond acceptors (Lipinski definition) is 4. The van der Waals surface area contributed by atoms with Gasteiger partial charge in [0, 0.05) is 38.1 Å². The molecule has 0 unspecified atom stereocenters. The Balaban J connectivity index is 1.38. The molecule has 7 nitrogen and oxygen atoms in total. The van der Waals surface area contributed by atoms with Crippen LogP contribution in [0.1, 0.15) is 25.3 Å². The summed E-state index contributed by atoms with van der Waals surface area (Å²) in [7, 11) is 0. The van der Waals surface area contributed by atoms with E-state index >= 15 is 0 Å². The standard InChI is InChI=1S/C19H21FN4O3/c20-14-1-3-16(4-2-14)23-11-13(9-18(23)25)19(26)22-15-10-21-24(12-15)17-5-7-27-8-6-17/h1-4,10,12-13,17H,5-9,11H2,(H,22,26)/t13-/m0/s1. The van der Waals surface area contributed by atoms with Crippen LogP contribution in [0.15, 0.2) is 36.7 Å². The molecular formula is C19H21FN4O3.